The van der Waals surface area contributed by atoms with Crippen LogP contribution in [0.2, 0.25) is 0 Å². The molecule has 2 aromatic rings. The SMILES string of the molecule is C=COCc1ccc(C(C)(C)c2ccc(COC=C)cc2)cc1. The molecule has 2 nitrogen and oxygen atoms in total. The summed E-state index contributed by atoms with van der Waals surface area (Å²) >= 11 is 0. The fourth-order valence-electron chi connectivity index (χ4n) is 2.51. The summed E-state index contributed by atoms with van der Waals surface area (Å²) in [6.45, 7) is 12.7. The molecule has 0 amide bonds. The van der Waals surface area contributed by atoms with Crippen molar-refractivity contribution in [2.24, 2.45) is 0 Å². The summed E-state index contributed by atoms with van der Waals surface area (Å²) in [6, 6.07) is 17.1. The molecular formula is C21H24O2. The minimum atomic E-state index is -0.0599. The lowest BCUT2D eigenvalue weighted by Gasteiger charge is -2.26. The minimum absolute atomic E-state index is 0.0599. The lowest BCUT2D eigenvalue weighted by atomic mass is 9.78. The van der Waals surface area contributed by atoms with E-state index in [0.717, 1.165) is 11.1 Å². The van der Waals surface area contributed by atoms with Crippen molar-refractivity contribution in [1.29, 1.82) is 0 Å². The van der Waals surface area contributed by atoms with Gasteiger partial charge in [0.1, 0.15) is 13.2 Å². The van der Waals surface area contributed by atoms with E-state index in [-0.39, 0.29) is 5.41 Å². The fourth-order valence-corrected chi connectivity index (χ4v) is 2.51. The van der Waals surface area contributed by atoms with Crippen LogP contribution in [0.5, 0.6) is 0 Å². The predicted molar refractivity (Wildman–Crippen MR) is 95.0 cm³/mol. The second-order valence-electron chi connectivity index (χ2n) is 5.97. The number of hydrogen-bond donors (Lipinski definition) is 0. The van der Waals surface area contributed by atoms with Gasteiger partial charge < -0.3 is 9.47 Å². The van der Waals surface area contributed by atoms with Gasteiger partial charge in [-0.2, -0.15) is 0 Å². The number of rotatable bonds is 8. The maximum atomic E-state index is 5.22. The molecule has 0 atom stereocenters. The highest BCUT2D eigenvalue weighted by Gasteiger charge is 2.22. The third-order valence-corrected chi connectivity index (χ3v) is 4.09. The Bertz CT molecular complexity index is 579. The van der Waals surface area contributed by atoms with Gasteiger partial charge in [0, 0.05) is 5.41 Å². The van der Waals surface area contributed by atoms with Crippen molar-refractivity contribution < 1.29 is 9.47 Å². The molecule has 0 aliphatic carbocycles. The van der Waals surface area contributed by atoms with Gasteiger partial charge in [-0.25, -0.2) is 0 Å². The van der Waals surface area contributed by atoms with E-state index in [1.54, 1.807) is 0 Å². The molecule has 0 unspecified atom stereocenters. The molecule has 2 aromatic carbocycles. The van der Waals surface area contributed by atoms with Crippen LogP contribution in [0, 0.1) is 0 Å². The van der Waals surface area contributed by atoms with Crippen molar-refractivity contribution >= 4 is 0 Å². The molecule has 0 fully saturated rings. The summed E-state index contributed by atoms with van der Waals surface area (Å²) in [4.78, 5) is 0. The topological polar surface area (TPSA) is 18.5 Å². The van der Waals surface area contributed by atoms with Crippen molar-refractivity contribution in [3.05, 3.63) is 96.5 Å². The quantitative estimate of drug-likeness (QED) is 0.613. The van der Waals surface area contributed by atoms with E-state index < -0.39 is 0 Å². The van der Waals surface area contributed by atoms with E-state index in [2.05, 4.69) is 75.5 Å². The fraction of sp³-hybridized carbons (Fsp3) is 0.238. The first-order valence-corrected chi connectivity index (χ1v) is 7.72. The van der Waals surface area contributed by atoms with Crippen molar-refractivity contribution in [3.8, 4) is 0 Å². The van der Waals surface area contributed by atoms with E-state index in [0.29, 0.717) is 13.2 Å². The highest BCUT2D eigenvalue weighted by atomic mass is 16.5. The second kappa shape index (κ2) is 7.68. The smallest absolute Gasteiger partial charge is 0.112 e. The van der Waals surface area contributed by atoms with Crippen LogP contribution in [0.25, 0.3) is 0 Å². The first-order chi connectivity index (χ1) is 11.1. The molecule has 0 spiro atoms. The predicted octanol–water partition coefficient (Wildman–Crippen LogP) is 5.33. The molecule has 0 aliphatic heterocycles. The number of benzene rings is 2. The van der Waals surface area contributed by atoms with E-state index in [4.69, 9.17) is 9.47 Å². The third kappa shape index (κ3) is 4.26. The van der Waals surface area contributed by atoms with Crippen LogP contribution in [-0.2, 0) is 28.1 Å². The normalized spacial score (nSPS) is 10.9. The van der Waals surface area contributed by atoms with Crippen molar-refractivity contribution in [3.63, 3.8) is 0 Å². The molecule has 2 rings (SSSR count). The van der Waals surface area contributed by atoms with Crippen LogP contribution in [0.3, 0.4) is 0 Å². The second-order valence-corrected chi connectivity index (χ2v) is 5.97. The van der Waals surface area contributed by atoms with Gasteiger partial charge >= 0.3 is 0 Å². The summed E-state index contributed by atoms with van der Waals surface area (Å²) in [5.41, 5.74) is 4.77. The van der Waals surface area contributed by atoms with Gasteiger partial charge in [0.25, 0.3) is 0 Å². The largest absolute Gasteiger partial charge is 0.497 e. The van der Waals surface area contributed by atoms with Crippen LogP contribution >= 0.6 is 0 Å². The zero-order valence-electron chi connectivity index (χ0n) is 13.9. The Labute approximate surface area is 139 Å². The molecule has 2 heteroatoms. The first-order valence-electron chi connectivity index (χ1n) is 7.72. The average Bonchev–Trinajstić information content (AvgIpc) is 2.59. The first kappa shape index (κ1) is 16.9. The van der Waals surface area contributed by atoms with Crippen LogP contribution in [0.4, 0.5) is 0 Å². The van der Waals surface area contributed by atoms with Gasteiger partial charge in [0.2, 0.25) is 0 Å². The molecule has 0 aliphatic rings. The molecule has 0 radical (unpaired) electrons. The summed E-state index contributed by atoms with van der Waals surface area (Å²) in [5, 5.41) is 0. The van der Waals surface area contributed by atoms with Gasteiger partial charge in [-0.15, -0.1) is 0 Å². The Kier molecular flexibility index (Phi) is 5.64. The molecular weight excluding hydrogens is 284 g/mol. The highest BCUT2D eigenvalue weighted by Crippen LogP contribution is 2.31. The standard InChI is InChI=1S/C21H24O2/c1-5-22-15-17-7-11-19(12-8-17)21(3,4)20-13-9-18(10-14-20)16-23-6-2/h5-14H,1-2,15-16H2,3-4H3. The Morgan fingerprint density at radius 3 is 1.39 bits per heavy atom. The lowest BCUT2D eigenvalue weighted by Crippen LogP contribution is -2.18. The van der Waals surface area contributed by atoms with Crippen LogP contribution in [0.1, 0.15) is 36.1 Å². The molecule has 0 N–H and O–H groups in total. The Balaban J connectivity index is 2.16. The average molecular weight is 308 g/mol. The van der Waals surface area contributed by atoms with Gasteiger partial charge in [0.05, 0.1) is 12.5 Å². The van der Waals surface area contributed by atoms with Crippen molar-refractivity contribution in [1.82, 2.24) is 0 Å². The van der Waals surface area contributed by atoms with Crippen molar-refractivity contribution in [2.45, 2.75) is 32.5 Å². The molecule has 0 saturated heterocycles. The highest BCUT2D eigenvalue weighted by molar-refractivity contribution is 5.39. The van der Waals surface area contributed by atoms with E-state index in [1.165, 1.54) is 23.7 Å². The minimum Gasteiger partial charge on any atom is -0.497 e. The zero-order valence-corrected chi connectivity index (χ0v) is 13.9. The van der Waals surface area contributed by atoms with Crippen LogP contribution in [-0.4, -0.2) is 0 Å². The Morgan fingerprint density at radius 1 is 0.739 bits per heavy atom. The van der Waals surface area contributed by atoms with Gasteiger partial charge in [-0.3, -0.25) is 0 Å². The van der Waals surface area contributed by atoms with E-state index in [9.17, 15) is 0 Å². The molecule has 23 heavy (non-hydrogen) atoms. The molecule has 0 heterocycles. The Morgan fingerprint density at radius 2 is 1.09 bits per heavy atom. The van der Waals surface area contributed by atoms with Crippen molar-refractivity contribution in [2.75, 3.05) is 0 Å². The molecule has 120 valence electrons. The zero-order chi connectivity index (χ0) is 16.7. The van der Waals surface area contributed by atoms with Gasteiger partial charge in [-0.05, 0) is 22.3 Å². The van der Waals surface area contributed by atoms with Crippen LogP contribution < -0.4 is 0 Å². The molecule has 0 saturated carbocycles. The molecule has 0 bridgehead atoms. The summed E-state index contributed by atoms with van der Waals surface area (Å²) in [6.07, 6.45) is 2.94. The van der Waals surface area contributed by atoms with Crippen LogP contribution in [0.15, 0.2) is 74.2 Å². The van der Waals surface area contributed by atoms with Gasteiger partial charge in [0.15, 0.2) is 0 Å². The Hall–Kier alpha value is -2.48. The van der Waals surface area contributed by atoms with E-state index in [1.807, 2.05) is 0 Å². The maximum Gasteiger partial charge on any atom is 0.112 e. The molecule has 0 aromatic heterocycles. The number of hydrogen-bond acceptors (Lipinski definition) is 2. The third-order valence-electron chi connectivity index (χ3n) is 4.09. The summed E-state index contributed by atoms with van der Waals surface area (Å²) in [5.74, 6) is 0. The summed E-state index contributed by atoms with van der Waals surface area (Å²) in [7, 11) is 0. The number of ether oxygens (including phenoxy) is 2. The maximum absolute atomic E-state index is 5.22. The summed E-state index contributed by atoms with van der Waals surface area (Å²) < 4.78 is 10.4. The monoisotopic (exact) mass is 308 g/mol. The van der Waals surface area contributed by atoms with E-state index >= 15 is 0 Å². The van der Waals surface area contributed by atoms with Gasteiger partial charge in [-0.1, -0.05) is 75.5 Å². The lowest BCUT2D eigenvalue weighted by molar-refractivity contribution is 0.237.